The van der Waals surface area contributed by atoms with E-state index in [9.17, 15) is 0 Å². The molecule has 1 aromatic rings. The molecule has 0 bridgehead atoms. The number of ether oxygens (including phenoxy) is 2. The summed E-state index contributed by atoms with van der Waals surface area (Å²) < 4.78 is 10.3. The van der Waals surface area contributed by atoms with E-state index in [1.165, 1.54) is 0 Å². The highest BCUT2D eigenvalue weighted by Crippen LogP contribution is 2.13. The maximum atomic E-state index is 5.95. The number of methoxy groups -OCH3 is 1. The Morgan fingerprint density at radius 1 is 1.44 bits per heavy atom. The van der Waals surface area contributed by atoms with Gasteiger partial charge in [0.25, 0.3) is 0 Å². The van der Waals surface area contributed by atoms with Crippen molar-refractivity contribution in [1.29, 1.82) is 0 Å². The first-order valence-electron chi connectivity index (χ1n) is 6.02. The predicted molar refractivity (Wildman–Crippen MR) is 71.9 cm³/mol. The molecule has 1 N–H and O–H groups in total. The quantitative estimate of drug-likeness (QED) is 0.738. The van der Waals surface area contributed by atoms with Gasteiger partial charge in [-0.1, -0.05) is 11.6 Å². The fourth-order valence-electron chi connectivity index (χ4n) is 1.42. The van der Waals surface area contributed by atoms with Crippen LogP contribution in [0.4, 0.5) is 5.82 Å². The first-order valence-corrected chi connectivity index (χ1v) is 6.40. The Labute approximate surface area is 113 Å². The second-order valence-corrected chi connectivity index (χ2v) is 4.34. The Balaban J connectivity index is 2.61. The van der Waals surface area contributed by atoms with Crippen molar-refractivity contribution in [2.45, 2.75) is 32.9 Å². The molecule has 0 fully saturated rings. The lowest BCUT2D eigenvalue weighted by Gasteiger charge is -2.14. The molecule has 1 unspecified atom stereocenters. The number of aromatic nitrogens is 2. The molecule has 1 aromatic heterocycles. The molecule has 102 valence electrons. The van der Waals surface area contributed by atoms with Gasteiger partial charge in [0.2, 0.25) is 0 Å². The van der Waals surface area contributed by atoms with E-state index in [-0.39, 0.29) is 6.04 Å². The minimum atomic E-state index is 0.260. The van der Waals surface area contributed by atoms with E-state index >= 15 is 0 Å². The zero-order valence-corrected chi connectivity index (χ0v) is 11.8. The molecule has 0 amide bonds. The van der Waals surface area contributed by atoms with Gasteiger partial charge in [-0.25, -0.2) is 9.97 Å². The minimum Gasteiger partial charge on any atom is -0.385 e. The summed E-state index contributed by atoms with van der Waals surface area (Å²) in [5.41, 5.74) is 0. The first-order chi connectivity index (χ1) is 8.65. The maximum Gasteiger partial charge on any atom is 0.158 e. The van der Waals surface area contributed by atoms with Crippen LogP contribution < -0.4 is 5.32 Å². The molecule has 5 nitrogen and oxygen atoms in total. The second-order valence-electron chi connectivity index (χ2n) is 3.96. The van der Waals surface area contributed by atoms with E-state index in [1.807, 2.05) is 6.92 Å². The number of anilines is 1. The lowest BCUT2D eigenvalue weighted by Crippen LogP contribution is -2.18. The molecule has 0 aromatic carbocycles. The highest BCUT2D eigenvalue weighted by Gasteiger charge is 2.06. The average Bonchev–Trinajstić information content (AvgIpc) is 2.33. The lowest BCUT2D eigenvalue weighted by atomic mass is 10.2. The fraction of sp³-hybridized carbons (Fsp3) is 0.667. The van der Waals surface area contributed by atoms with Crippen LogP contribution in [-0.4, -0.2) is 36.3 Å². The normalized spacial score (nSPS) is 12.4. The van der Waals surface area contributed by atoms with Crippen molar-refractivity contribution in [3.63, 3.8) is 0 Å². The summed E-state index contributed by atoms with van der Waals surface area (Å²) in [6.07, 6.45) is 0.902. The van der Waals surface area contributed by atoms with Gasteiger partial charge in [-0.2, -0.15) is 0 Å². The van der Waals surface area contributed by atoms with Crippen molar-refractivity contribution in [3.05, 3.63) is 17.0 Å². The van der Waals surface area contributed by atoms with Crippen molar-refractivity contribution in [3.8, 4) is 0 Å². The van der Waals surface area contributed by atoms with Gasteiger partial charge < -0.3 is 14.8 Å². The number of rotatable bonds is 8. The third-order valence-electron chi connectivity index (χ3n) is 2.33. The Hall–Kier alpha value is -0.910. The number of nitrogens with zero attached hydrogens (tertiary/aromatic N) is 2. The van der Waals surface area contributed by atoms with Gasteiger partial charge in [0.15, 0.2) is 5.82 Å². The van der Waals surface area contributed by atoms with Crippen LogP contribution in [0.5, 0.6) is 0 Å². The predicted octanol–water partition coefficient (Wildman–Crippen LogP) is 2.50. The Bertz CT molecular complexity index is 363. The van der Waals surface area contributed by atoms with Gasteiger partial charge in [0.1, 0.15) is 17.6 Å². The summed E-state index contributed by atoms with van der Waals surface area (Å²) in [7, 11) is 1.69. The zero-order chi connectivity index (χ0) is 13.4. The first kappa shape index (κ1) is 15.1. The second kappa shape index (κ2) is 8.24. The Kier molecular flexibility index (Phi) is 6.93. The molecule has 1 rings (SSSR count). The van der Waals surface area contributed by atoms with Crippen molar-refractivity contribution >= 4 is 17.4 Å². The Morgan fingerprint density at radius 2 is 2.22 bits per heavy atom. The van der Waals surface area contributed by atoms with Gasteiger partial charge in [-0.05, 0) is 20.3 Å². The van der Waals surface area contributed by atoms with Gasteiger partial charge in [-0.3, -0.25) is 0 Å². The van der Waals surface area contributed by atoms with Crippen LogP contribution in [0.1, 0.15) is 26.1 Å². The van der Waals surface area contributed by atoms with E-state index < -0.39 is 0 Å². The fourth-order valence-corrected chi connectivity index (χ4v) is 1.62. The van der Waals surface area contributed by atoms with E-state index in [4.69, 9.17) is 21.1 Å². The lowest BCUT2D eigenvalue weighted by molar-refractivity contribution is 0.128. The van der Waals surface area contributed by atoms with Crippen LogP contribution in [0, 0.1) is 0 Å². The number of hydrogen-bond donors (Lipinski definition) is 1. The third-order valence-corrected chi connectivity index (χ3v) is 2.52. The molecule has 1 heterocycles. The van der Waals surface area contributed by atoms with Crippen LogP contribution in [0.2, 0.25) is 5.15 Å². The van der Waals surface area contributed by atoms with Crippen molar-refractivity contribution < 1.29 is 9.47 Å². The van der Waals surface area contributed by atoms with Crippen molar-refractivity contribution in [1.82, 2.24) is 9.97 Å². The van der Waals surface area contributed by atoms with Crippen LogP contribution in [0.3, 0.4) is 0 Å². The highest BCUT2D eigenvalue weighted by molar-refractivity contribution is 6.29. The molecule has 6 heteroatoms. The van der Waals surface area contributed by atoms with Crippen LogP contribution in [0.25, 0.3) is 0 Å². The van der Waals surface area contributed by atoms with Crippen molar-refractivity contribution in [2.75, 3.05) is 25.6 Å². The summed E-state index contributed by atoms with van der Waals surface area (Å²) in [5.74, 6) is 1.30. The minimum absolute atomic E-state index is 0.260. The molecule has 0 aliphatic rings. The average molecular weight is 274 g/mol. The summed E-state index contributed by atoms with van der Waals surface area (Å²) in [5, 5.41) is 3.68. The summed E-state index contributed by atoms with van der Waals surface area (Å²) in [6, 6.07) is 1.97. The van der Waals surface area contributed by atoms with Crippen LogP contribution in [-0.2, 0) is 16.1 Å². The van der Waals surface area contributed by atoms with Crippen molar-refractivity contribution in [2.24, 2.45) is 0 Å². The Morgan fingerprint density at radius 3 is 2.89 bits per heavy atom. The SMILES string of the molecule is CCOCc1nc(Cl)cc(NC(C)CCOC)n1. The summed E-state index contributed by atoms with van der Waals surface area (Å²) in [4.78, 5) is 8.45. The summed E-state index contributed by atoms with van der Waals surface area (Å²) in [6.45, 7) is 5.70. The third kappa shape index (κ3) is 5.62. The highest BCUT2D eigenvalue weighted by atomic mass is 35.5. The van der Waals surface area contributed by atoms with Gasteiger partial charge in [0, 0.05) is 32.4 Å². The molecule has 0 aliphatic carbocycles. The summed E-state index contributed by atoms with van der Waals surface area (Å²) >= 11 is 5.95. The standard InChI is InChI=1S/C12H20ClN3O2/c1-4-18-8-12-15-10(13)7-11(16-12)14-9(2)5-6-17-3/h7,9H,4-6,8H2,1-3H3,(H,14,15,16). The molecule has 0 radical (unpaired) electrons. The van der Waals surface area contributed by atoms with Gasteiger partial charge in [0.05, 0.1) is 0 Å². The smallest absolute Gasteiger partial charge is 0.158 e. The molecule has 0 saturated heterocycles. The number of halogens is 1. The molecule has 0 saturated carbocycles. The van der Waals surface area contributed by atoms with E-state index in [2.05, 4.69) is 22.2 Å². The number of nitrogens with one attached hydrogen (secondary N) is 1. The molecule has 0 spiro atoms. The molecule has 18 heavy (non-hydrogen) atoms. The molecular weight excluding hydrogens is 254 g/mol. The molecule has 0 aliphatic heterocycles. The number of hydrogen-bond acceptors (Lipinski definition) is 5. The maximum absolute atomic E-state index is 5.95. The van der Waals surface area contributed by atoms with E-state index in [0.29, 0.717) is 36.6 Å². The van der Waals surface area contributed by atoms with E-state index in [1.54, 1.807) is 13.2 Å². The molecular formula is C12H20ClN3O2. The van der Waals surface area contributed by atoms with Crippen LogP contribution >= 0.6 is 11.6 Å². The van der Waals surface area contributed by atoms with Crippen LogP contribution in [0.15, 0.2) is 6.07 Å². The monoisotopic (exact) mass is 273 g/mol. The topological polar surface area (TPSA) is 56.3 Å². The van der Waals surface area contributed by atoms with Gasteiger partial charge >= 0.3 is 0 Å². The van der Waals surface area contributed by atoms with E-state index in [0.717, 1.165) is 6.42 Å². The largest absolute Gasteiger partial charge is 0.385 e. The van der Waals surface area contributed by atoms with Gasteiger partial charge in [-0.15, -0.1) is 0 Å². The zero-order valence-electron chi connectivity index (χ0n) is 11.1. The molecule has 1 atom stereocenters.